The van der Waals surface area contributed by atoms with Gasteiger partial charge < -0.3 is 15.8 Å². The van der Waals surface area contributed by atoms with E-state index in [1.54, 1.807) is 19.9 Å². The van der Waals surface area contributed by atoms with Crippen LogP contribution in [0.1, 0.15) is 40.9 Å². The number of carbonyl (C=O) groups is 1. The largest absolute Gasteiger partial charge is 0.466 e. The second kappa shape index (κ2) is 12.0. The van der Waals surface area contributed by atoms with Crippen LogP contribution in [0.3, 0.4) is 0 Å². The molecule has 6 nitrogen and oxygen atoms in total. The number of rotatable bonds is 6. The SMILES string of the molecule is Cc1cc(Cl)cnc1C(=O)Nc1cc(F)c(F)c([C@H](C)CCOC(=N)N)c1.FC(F)F. The van der Waals surface area contributed by atoms with Crippen LogP contribution < -0.4 is 11.1 Å². The van der Waals surface area contributed by atoms with Crippen molar-refractivity contribution in [2.24, 2.45) is 5.73 Å². The number of amidine groups is 1. The monoisotopic (exact) mass is 466 g/mol. The Hall–Kier alpha value is -2.95. The highest BCUT2D eigenvalue weighted by molar-refractivity contribution is 6.30. The van der Waals surface area contributed by atoms with Gasteiger partial charge in [-0.25, -0.2) is 13.8 Å². The fraction of sp³-hybridized carbons (Fsp3) is 0.316. The summed E-state index contributed by atoms with van der Waals surface area (Å²) in [6.45, 7) is -0.235. The van der Waals surface area contributed by atoms with E-state index >= 15 is 0 Å². The van der Waals surface area contributed by atoms with E-state index in [9.17, 15) is 26.7 Å². The Bertz CT molecular complexity index is 928. The van der Waals surface area contributed by atoms with Gasteiger partial charge in [0.2, 0.25) is 0 Å². The number of anilines is 1. The fourth-order valence-electron chi connectivity index (χ4n) is 2.51. The van der Waals surface area contributed by atoms with Gasteiger partial charge >= 0.3 is 6.68 Å². The Morgan fingerprint density at radius 2 is 1.90 bits per heavy atom. The zero-order chi connectivity index (χ0) is 23.7. The number of nitrogens with two attached hydrogens (primary N) is 1. The number of pyridine rings is 1. The molecule has 31 heavy (non-hydrogen) atoms. The fourth-order valence-corrected chi connectivity index (χ4v) is 2.72. The molecule has 0 fully saturated rings. The Labute approximate surface area is 180 Å². The maximum atomic E-state index is 14.2. The predicted molar refractivity (Wildman–Crippen MR) is 106 cm³/mol. The number of hydrogen-bond donors (Lipinski definition) is 3. The summed E-state index contributed by atoms with van der Waals surface area (Å²) in [6.07, 6.45) is 1.64. The van der Waals surface area contributed by atoms with E-state index in [1.807, 2.05) is 0 Å². The average molecular weight is 467 g/mol. The molecule has 1 amide bonds. The molecule has 0 saturated heterocycles. The van der Waals surface area contributed by atoms with Crippen molar-refractivity contribution in [1.29, 1.82) is 5.41 Å². The van der Waals surface area contributed by atoms with Gasteiger partial charge in [-0.05, 0) is 42.5 Å². The number of alkyl halides is 3. The van der Waals surface area contributed by atoms with E-state index < -0.39 is 36.2 Å². The molecule has 1 atom stereocenters. The smallest absolute Gasteiger partial charge is 0.379 e. The van der Waals surface area contributed by atoms with Crippen molar-refractivity contribution < 1.29 is 31.5 Å². The number of ether oxygens (including phenoxy) is 1. The number of hydrogen-bond acceptors (Lipinski definition) is 4. The predicted octanol–water partition coefficient (Wildman–Crippen LogP) is 5.16. The minimum atomic E-state index is -3.67. The highest BCUT2D eigenvalue weighted by Crippen LogP contribution is 2.28. The third kappa shape index (κ3) is 8.75. The van der Waals surface area contributed by atoms with E-state index in [-0.39, 0.29) is 23.6 Å². The summed E-state index contributed by atoms with van der Waals surface area (Å²) >= 11 is 5.82. The molecule has 4 N–H and O–H groups in total. The molecule has 0 aliphatic rings. The molecule has 1 aromatic heterocycles. The Morgan fingerprint density at radius 3 is 2.45 bits per heavy atom. The Balaban J connectivity index is 0.00000110. The van der Waals surface area contributed by atoms with Crippen LogP contribution >= 0.6 is 11.6 Å². The van der Waals surface area contributed by atoms with Crippen LogP contribution in [0.5, 0.6) is 0 Å². The minimum absolute atomic E-state index is 0.0817. The van der Waals surface area contributed by atoms with E-state index in [4.69, 9.17) is 27.5 Å². The molecule has 0 bridgehead atoms. The normalized spacial score (nSPS) is 11.4. The molecule has 12 heteroatoms. The van der Waals surface area contributed by atoms with Gasteiger partial charge in [-0.1, -0.05) is 18.5 Å². The number of benzene rings is 1. The number of aryl methyl sites for hydroxylation is 1. The lowest BCUT2D eigenvalue weighted by atomic mass is 9.96. The second-order valence-corrected chi connectivity index (χ2v) is 6.72. The first-order valence-corrected chi connectivity index (χ1v) is 9.11. The average Bonchev–Trinajstić information content (AvgIpc) is 2.63. The summed E-state index contributed by atoms with van der Waals surface area (Å²) < 4.78 is 62.0. The Morgan fingerprint density at radius 1 is 1.29 bits per heavy atom. The second-order valence-electron chi connectivity index (χ2n) is 6.28. The van der Waals surface area contributed by atoms with Crippen LogP contribution in [-0.4, -0.2) is 30.2 Å². The van der Waals surface area contributed by atoms with E-state index in [0.29, 0.717) is 17.0 Å². The van der Waals surface area contributed by atoms with Crippen molar-refractivity contribution in [2.45, 2.75) is 32.9 Å². The summed E-state index contributed by atoms with van der Waals surface area (Å²) in [6, 6.07) is 3.40. The lowest BCUT2D eigenvalue weighted by molar-refractivity contribution is 0.00818. The molecule has 0 unspecified atom stereocenters. The van der Waals surface area contributed by atoms with Gasteiger partial charge in [-0.15, -0.1) is 0 Å². The third-order valence-electron chi connectivity index (χ3n) is 3.91. The van der Waals surface area contributed by atoms with Gasteiger partial charge in [0.25, 0.3) is 11.9 Å². The molecule has 1 heterocycles. The van der Waals surface area contributed by atoms with Crippen molar-refractivity contribution in [3.8, 4) is 0 Å². The molecular formula is C19H20ClF5N4O2. The molecule has 0 aliphatic carbocycles. The first-order valence-electron chi connectivity index (χ1n) is 8.73. The van der Waals surface area contributed by atoms with Gasteiger partial charge in [0.1, 0.15) is 5.69 Å². The minimum Gasteiger partial charge on any atom is -0.466 e. The third-order valence-corrected chi connectivity index (χ3v) is 4.12. The molecular weight excluding hydrogens is 447 g/mol. The lowest BCUT2D eigenvalue weighted by Gasteiger charge is -2.16. The van der Waals surface area contributed by atoms with Gasteiger partial charge in [0.15, 0.2) is 11.6 Å². The van der Waals surface area contributed by atoms with Crippen LogP contribution in [0.2, 0.25) is 5.02 Å². The highest BCUT2D eigenvalue weighted by Gasteiger charge is 2.19. The summed E-state index contributed by atoms with van der Waals surface area (Å²) in [5, 5.41) is 9.91. The van der Waals surface area contributed by atoms with Gasteiger partial charge in [-0.2, -0.15) is 13.2 Å². The maximum Gasteiger partial charge on any atom is 0.379 e. The summed E-state index contributed by atoms with van der Waals surface area (Å²) in [5.41, 5.74) is 5.96. The Kier molecular flexibility index (Phi) is 10.1. The molecule has 0 saturated carbocycles. The number of aromatic nitrogens is 1. The van der Waals surface area contributed by atoms with Crippen molar-refractivity contribution in [1.82, 2.24) is 4.98 Å². The number of nitrogens with one attached hydrogen (secondary N) is 2. The van der Waals surface area contributed by atoms with Gasteiger partial charge in [-0.3, -0.25) is 10.2 Å². The number of halogens is 6. The van der Waals surface area contributed by atoms with Crippen LogP contribution in [0.25, 0.3) is 0 Å². The molecule has 170 valence electrons. The standard InChI is InChI=1S/C18H19ClF2N4O2.CHF3/c1-9(3-4-27-18(22)23)13-6-12(7-14(20)15(13)21)25-17(26)16-10(2)5-11(19)8-24-16;2-1(3)4/h5-9H,3-4H2,1-2H3,(H3,22,23)(H,25,26);1H/t9-;/m1./s1. The molecule has 1 aromatic carbocycles. The molecule has 2 aromatic rings. The zero-order valence-corrected chi connectivity index (χ0v) is 17.2. The molecule has 0 spiro atoms. The van der Waals surface area contributed by atoms with E-state index in [1.165, 1.54) is 12.3 Å². The number of nitrogens with zero attached hydrogens (tertiary/aromatic N) is 1. The first-order chi connectivity index (χ1) is 14.4. The summed E-state index contributed by atoms with van der Waals surface area (Å²) in [7, 11) is 0. The van der Waals surface area contributed by atoms with Crippen molar-refractivity contribution in [2.75, 3.05) is 11.9 Å². The maximum absolute atomic E-state index is 14.2. The van der Waals surface area contributed by atoms with E-state index in [0.717, 1.165) is 6.07 Å². The zero-order valence-electron chi connectivity index (χ0n) is 16.5. The van der Waals surface area contributed by atoms with Crippen LogP contribution in [0.15, 0.2) is 24.4 Å². The number of carbonyl (C=O) groups excluding carboxylic acids is 1. The topological polar surface area (TPSA) is 101 Å². The van der Waals surface area contributed by atoms with E-state index in [2.05, 4.69) is 10.3 Å². The molecule has 0 aliphatic heterocycles. The van der Waals surface area contributed by atoms with Crippen LogP contribution in [0.4, 0.5) is 27.6 Å². The summed E-state index contributed by atoms with van der Waals surface area (Å²) in [5.74, 6) is -3.06. The van der Waals surface area contributed by atoms with Gasteiger partial charge in [0.05, 0.1) is 11.6 Å². The van der Waals surface area contributed by atoms with Crippen molar-refractivity contribution in [3.63, 3.8) is 0 Å². The highest BCUT2D eigenvalue weighted by atomic mass is 35.5. The lowest BCUT2D eigenvalue weighted by Crippen LogP contribution is -2.17. The number of amides is 1. The first kappa shape index (κ1) is 26.1. The molecule has 2 rings (SSSR count). The quantitative estimate of drug-likeness (QED) is 0.311. The van der Waals surface area contributed by atoms with Crippen molar-refractivity contribution in [3.05, 3.63) is 57.9 Å². The van der Waals surface area contributed by atoms with Crippen LogP contribution in [0, 0.1) is 24.0 Å². The molecule has 0 radical (unpaired) electrons. The van der Waals surface area contributed by atoms with Crippen molar-refractivity contribution >= 4 is 29.2 Å². The van der Waals surface area contributed by atoms with Crippen LogP contribution in [-0.2, 0) is 4.74 Å². The summed E-state index contributed by atoms with van der Waals surface area (Å²) in [4.78, 5) is 16.3. The van der Waals surface area contributed by atoms with Gasteiger partial charge in [0, 0.05) is 18.0 Å².